The molecule has 1 aromatic carbocycles. The van der Waals surface area contributed by atoms with Crippen LogP contribution in [0.1, 0.15) is 18.4 Å². The highest BCUT2D eigenvalue weighted by Crippen LogP contribution is 2.22. The number of hydrogen-bond donors (Lipinski definition) is 1. The first-order chi connectivity index (χ1) is 7.86. The van der Waals surface area contributed by atoms with Crippen molar-refractivity contribution >= 4 is 17.6 Å². The molecule has 0 saturated carbocycles. The highest BCUT2D eigenvalue weighted by atomic mass is 32.2. The molecular formula is C13H18N2S. The SMILES string of the molecule is NC(=NCC1CCSCC1)c1ccccc1. The van der Waals surface area contributed by atoms with E-state index in [4.69, 9.17) is 5.73 Å². The summed E-state index contributed by atoms with van der Waals surface area (Å²) in [6.07, 6.45) is 2.58. The lowest BCUT2D eigenvalue weighted by Gasteiger charge is -2.19. The van der Waals surface area contributed by atoms with Gasteiger partial charge in [-0.1, -0.05) is 30.3 Å². The van der Waals surface area contributed by atoms with Gasteiger partial charge in [-0.05, 0) is 30.3 Å². The molecule has 1 saturated heterocycles. The van der Waals surface area contributed by atoms with Crippen LogP contribution in [0, 0.1) is 5.92 Å². The lowest BCUT2D eigenvalue weighted by atomic mass is 10.0. The molecule has 0 spiro atoms. The van der Waals surface area contributed by atoms with E-state index in [2.05, 4.69) is 4.99 Å². The number of hydrogen-bond acceptors (Lipinski definition) is 2. The molecule has 0 aliphatic carbocycles. The Morgan fingerprint density at radius 2 is 1.94 bits per heavy atom. The molecule has 0 amide bonds. The van der Waals surface area contributed by atoms with Gasteiger partial charge in [-0.3, -0.25) is 4.99 Å². The van der Waals surface area contributed by atoms with Crippen molar-refractivity contribution in [3.05, 3.63) is 35.9 Å². The van der Waals surface area contributed by atoms with Gasteiger partial charge in [0.1, 0.15) is 5.84 Å². The second-order valence-electron chi connectivity index (χ2n) is 4.15. The maximum absolute atomic E-state index is 5.96. The number of thioether (sulfide) groups is 1. The molecule has 2 N–H and O–H groups in total. The summed E-state index contributed by atoms with van der Waals surface area (Å²) >= 11 is 2.05. The molecule has 16 heavy (non-hydrogen) atoms. The van der Waals surface area contributed by atoms with Gasteiger partial charge >= 0.3 is 0 Å². The topological polar surface area (TPSA) is 38.4 Å². The van der Waals surface area contributed by atoms with Gasteiger partial charge in [0.25, 0.3) is 0 Å². The van der Waals surface area contributed by atoms with Crippen molar-refractivity contribution in [1.82, 2.24) is 0 Å². The second-order valence-corrected chi connectivity index (χ2v) is 5.37. The third kappa shape index (κ3) is 3.27. The van der Waals surface area contributed by atoms with Crippen molar-refractivity contribution < 1.29 is 0 Å². The Hall–Kier alpha value is -0.960. The Morgan fingerprint density at radius 1 is 1.25 bits per heavy atom. The molecule has 0 unspecified atom stereocenters. The summed E-state index contributed by atoms with van der Waals surface area (Å²) < 4.78 is 0. The monoisotopic (exact) mass is 234 g/mol. The molecule has 0 bridgehead atoms. The van der Waals surface area contributed by atoms with Gasteiger partial charge in [0.15, 0.2) is 0 Å². The Morgan fingerprint density at radius 3 is 2.62 bits per heavy atom. The molecule has 0 aromatic heterocycles. The van der Waals surface area contributed by atoms with Crippen LogP contribution >= 0.6 is 11.8 Å². The van der Waals surface area contributed by atoms with E-state index < -0.39 is 0 Å². The first-order valence-corrected chi connectivity index (χ1v) is 6.95. The third-order valence-electron chi connectivity index (χ3n) is 2.93. The molecule has 2 rings (SSSR count). The summed E-state index contributed by atoms with van der Waals surface area (Å²) in [5.41, 5.74) is 6.99. The number of nitrogens with two attached hydrogens (primary N) is 1. The van der Waals surface area contributed by atoms with Gasteiger partial charge in [0.2, 0.25) is 0 Å². The van der Waals surface area contributed by atoms with Crippen molar-refractivity contribution in [3.63, 3.8) is 0 Å². The fourth-order valence-corrected chi connectivity index (χ4v) is 3.06. The summed E-state index contributed by atoms with van der Waals surface area (Å²) in [6.45, 7) is 0.890. The van der Waals surface area contributed by atoms with Crippen molar-refractivity contribution in [2.45, 2.75) is 12.8 Å². The maximum atomic E-state index is 5.96. The van der Waals surface area contributed by atoms with Gasteiger partial charge in [-0.25, -0.2) is 0 Å². The van der Waals surface area contributed by atoms with Crippen LogP contribution < -0.4 is 5.73 Å². The predicted octanol–water partition coefficient (Wildman–Crippen LogP) is 2.54. The molecule has 0 radical (unpaired) electrons. The Kier molecular flexibility index (Phi) is 4.28. The zero-order valence-corrected chi connectivity index (χ0v) is 10.2. The van der Waals surface area contributed by atoms with Crippen LogP contribution in [0.25, 0.3) is 0 Å². The molecule has 2 nitrogen and oxygen atoms in total. The van der Waals surface area contributed by atoms with E-state index in [-0.39, 0.29) is 0 Å². The van der Waals surface area contributed by atoms with Crippen molar-refractivity contribution in [2.75, 3.05) is 18.1 Å². The van der Waals surface area contributed by atoms with Crippen LogP contribution in [0.3, 0.4) is 0 Å². The molecule has 1 aliphatic rings. The maximum Gasteiger partial charge on any atom is 0.125 e. The Labute approximate surface area is 101 Å². The van der Waals surface area contributed by atoms with E-state index in [9.17, 15) is 0 Å². The standard InChI is InChI=1S/C13H18N2S/c14-13(12-4-2-1-3-5-12)15-10-11-6-8-16-9-7-11/h1-5,11H,6-10H2,(H2,14,15). The number of benzene rings is 1. The van der Waals surface area contributed by atoms with Gasteiger partial charge in [-0.2, -0.15) is 11.8 Å². The average molecular weight is 234 g/mol. The van der Waals surface area contributed by atoms with Crippen LogP contribution in [0.4, 0.5) is 0 Å². The molecule has 1 aliphatic heterocycles. The Balaban J connectivity index is 1.91. The molecular weight excluding hydrogens is 216 g/mol. The Bertz CT molecular complexity index is 342. The number of rotatable bonds is 3. The zero-order valence-electron chi connectivity index (χ0n) is 9.43. The summed E-state index contributed by atoms with van der Waals surface area (Å²) in [6, 6.07) is 10.0. The molecule has 0 atom stereocenters. The number of aliphatic imine (C=N–C) groups is 1. The molecule has 1 aromatic rings. The minimum Gasteiger partial charge on any atom is -0.384 e. The quantitative estimate of drug-likeness (QED) is 0.644. The molecule has 3 heteroatoms. The fraction of sp³-hybridized carbons (Fsp3) is 0.462. The first kappa shape index (κ1) is 11.5. The smallest absolute Gasteiger partial charge is 0.125 e. The minimum absolute atomic E-state index is 0.679. The fourth-order valence-electron chi connectivity index (χ4n) is 1.86. The largest absolute Gasteiger partial charge is 0.384 e. The van der Waals surface area contributed by atoms with E-state index in [1.165, 1.54) is 24.3 Å². The van der Waals surface area contributed by atoms with Gasteiger partial charge in [0.05, 0.1) is 0 Å². The van der Waals surface area contributed by atoms with Gasteiger partial charge in [0, 0.05) is 12.1 Å². The summed E-state index contributed by atoms with van der Waals surface area (Å²) in [4.78, 5) is 4.50. The number of nitrogens with zero attached hydrogens (tertiary/aromatic N) is 1. The first-order valence-electron chi connectivity index (χ1n) is 5.79. The third-order valence-corrected chi connectivity index (χ3v) is 3.98. The highest BCUT2D eigenvalue weighted by Gasteiger charge is 2.12. The van der Waals surface area contributed by atoms with Gasteiger partial charge < -0.3 is 5.73 Å². The lowest BCUT2D eigenvalue weighted by molar-refractivity contribution is 0.503. The molecule has 1 heterocycles. The highest BCUT2D eigenvalue weighted by molar-refractivity contribution is 7.99. The van der Waals surface area contributed by atoms with Crippen LogP contribution in [0.15, 0.2) is 35.3 Å². The zero-order chi connectivity index (χ0) is 11.2. The molecule has 1 fully saturated rings. The van der Waals surface area contributed by atoms with E-state index >= 15 is 0 Å². The van der Waals surface area contributed by atoms with E-state index in [1.807, 2.05) is 42.1 Å². The molecule has 86 valence electrons. The van der Waals surface area contributed by atoms with Crippen molar-refractivity contribution in [3.8, 4) is 0 Å². The minimum atomic E-state index is 0.679. The summed E-state index contributed by atoms with van der Waals surface area (Å²) in [7, 11) is 0. The average Bonchev–Trinajstić information content (AvgIpc) is 2.38. The lowest BCUT2D eigenvalue weighted by Crippen LogP contribution is -2.18. The van der Waals surface area contributed by atoms with Crippen LogP contribution in [0.2, 0.25) is 0 Å². The van der Waals surface area contributed by atoms with Crippen LogP contribution in [0.5, 0.6) is 0 Å². The van der Waals surface area contributed by atoms with Crippen LogP contribution in [-0.4, -0.2) is 23.9 Å². The summed E-state index contributed by atoms with van der Waals surface area (Å²) in [5, 5.41) is 0. The van der Waals surface area contributed by atoms with E-state index in [0.717, 1.165) is 18.0 Å². The normalized spacial score (nSPS) is 18.6. The number of amidine groups is 1. The van der Waals surface area contributed by atoms with Crippen molar-refractivity contribution in [2.24, 2.45) is 16.6 Å². The van der Waals surface area contributed by atoms with Gasteiger partial charge in [-0.15, -0.1) is 0 Å². The predicted molar refractivity (Wildman–Crippen MR) is 72.1 cm³/mol. The summed E-state index contributed by atoms with van der Waals surface area (Å²) in [5.74, 6) is 3.99. The van der Waals surface area contributed by atoms with E-state index in [0.29, 0.717) is 5.84 Å². The second kappa shape index (κ2) is 5.94. The van der Waals surface area contributed by atoms with Crippen molar-refractivity contribution in [1.29, 1.82) is 0 Å². The van der Waals surface area contributed by atoms with E-state index in [1.54, 1.807) is 0 Å². The van der Waals surface area contributed by atoms with Crippen LogP contribution in [-0.2, 0) is 0 Å².